The maximum Gasteiger partial charge on any atom is 0.242 e. The van der Waals surface area contributed by atoms with Gasteiger partial charge in [-0.25, -0.2) is 0 Å². The van der Waals surface area contributed by atoms with Gasteiger partial charge in [-0.15, -0.1) is 0 Å². The molecule has 0 heterocycles. The first kappa shape index (κ1) is 26.0. The fourth-order valence-electron chi connectivity index (χ4n) is 4.72. The summed E-state index contributed by atoms with van der Waals surface area (Å²) in [4.78, 5) is 28.3. The van der Waals surface area contributed by atoms with E-state index in [1.54, 1.807) is 4.90 Å². The lowest BCUT2D eigenvalue weighted by molar-refractivity contribution is -0.141. The maximum absolute atomic E-state index is 13.4. The molecule has 2 aromatic rings. The summed E-state index contributed by atoms with van der Waals surface area (Å²) in [7, 11) is 0. The van der Waals surface area contributed by atoms with Gasteiger partial charge in [0.1, 0.15) is 6.04 Å². The molecule has 4 nitrogen and oxygen atoms in total. The van der Waals surface area contributed by atoms with Crippen LogP contribution in [0.1, 0.15) is 88.5 Å². The van der Waals surface area contributed by atoms with Crippen LogP contribution < -0.4 is 5.32 Å². The number of carbonyl (C=O) groups is 2. The lowest BCUT2D eigenvalue weighted by Gasteiger charge is -2.31. The van der Waals surface area contributed by atoms with Crippen LogP contribution in [-0.2, 0) is 28.0 Å². The van der Waals surface area contributed by atoms with E-state index in [2.05, 4.69) is 69.4 Å². The number of aryl methyl sites for hydroxylation is 2. The first-order valence-electron chi connectivity index (χ1n) is 12.9. The highest BCUT2D eigenvalue weighted by Gasteiger charge is 2.28. The molecule has 1 saturated carbocycles. The molecule has 2 aromatic carbocycles. The molecule has 2 amide bonds. The van der Waals surface area contributed by atoms with Crippen molar-refractivity contribution in [1.29, 1.82) is 0 Å². The number of carbonyl (C=O) groups excluding carboxylic acids is 2. The van der Waals surface area contributed by atoms with Gasteiger partial charge >= 0.3 is 0 Å². The molecule has 0 saturated heterocycles. The zero-order valence-corrected chi connectivity index (χ0v) is 21.7. The molecule has 1 fully saturated rings. The number of nitrogens with zero attached hydrogens (tertiary/aromatic N) is 1. The molecule has 0 spiro atoms. The van der Waals surface area contributed by atoms with Crippen LogP contribution in [0.4, 0.5) is 0 Å². The van der Waals surface area contributed by atoms with E-state index in [4.69, 9.17) is 0 Å². The first-order chi connectivity index (χ1) is 16.1. The summed E-state index contributed by atoms with van der Waals surface area (Å²) >= 11 is 0. The third-order valence-corrected chi connectivity index (χ3v) is 7.00. The summed E-state index contributed by atoms with van der Waals surface area (Å²) in [5.41, 5.74) is 4.76. The van der Waals surface area contributed by atoms with Crippen LogP contribution in [0.5, 0.6) is 0 Å². The molecular formula is C30H42N2O2. The van der Waals surface area contributed by atoms with Gasteiger partial charge in [0.2, 0.25) is 11.8 Å². The standard InChI is InChI=1S/C30H42N2O2/c1-22-10-9-11-25(20-22)21-32(23(2)29(34)31-27-12-7-6-8-13-27)28(33)19-16-24-14-17-26(18-15-24)30(3,4)5/h9-11,14-15,17-18,20,23,27H,6-8,12-13,16,19,21H2,1-5H3,(H,31,34). The van der Waals surface area contributed by atoms with Crippen LogP contribution in [0.2, 0.25) is 0 Å². The van der Waals surface area contributed by atoms with Crippen LogP contribution in [-0.4, -0.2) is 28.8 Å². The Balaban J connectivity index is 1.69. The van der Waals surface area contributed by atoms with E-state index >= 15 is 0 Å². The van der Waals surface area contributed by atoms with Crippen LogP contribution in [0.3, 0.4) is 0 Å². The summed E-state index contributed by atoms with van der Waals surface area (Å²) in [6.45, 7) is 11.0. The van der Waals surface area contributed by atoms with Gasteiger partial charge in [0, 0.05) is 19.0 Å². The molecule has 1 unspecified atom stereocenters. The van der Waals surface area contributed by atoms with Crippen molar-refractivity contribution in [3.8, 4) is 0 Å². The van der Waals surface area contributed by atoms with E-state index in [9.17, 15) is 9.59 Å². The minimum atomic E-state index is -0.502. The molecule has 0 bridgehead atoms. The Labute approximate surface area is 206 Å². The van der Waals surface area contributed by atoms with Gasteiger partial charge in [-0.05, 0) is 55.2 Å². The number of benzene rings is 2. The number of hydrogen-bond acceptors (Lipinski definition) is 2. The zero-order valence-electron chi connectivity index (χ0n) is 21.7. The van der Waals surface area contributed by atoms with Gasteiger partial charge in [0.15, 0.2) is 0 Å². The highest BCUT2D eigenvalue weighted by Crippen LogP contribution is 2.23. The highest BCUT2D eigenvalue weighted by molar-refractivity contribution is 5.87. The van der Waals surface area contributed by atoms with Crippen molar-refractivity contribution in [1.82, 2.24) is 10.2 Å². The molecule has 1 N–H and O–H groups in total. The van der Waals surface area contributed by atoms with Crippen molar-refractivity contribution >= 4 is 11.8 Å². The normalized spacial score (nSPS) is 15.6. The molecule has 184 valence electrons. The van der Waals surface area contributed by atoms with Crippen LogP contribution in [0.15, 0.2) is 48.5 Å². The minimum Gasteiger partial charge on any atom is -0.352 e. The number of rotatable bonds is 8. The zero-order chi connectivity index (χ0) is 24.7. The van der Waals surface area contributed by atoms with Crippen LogP contribution in [0.25, 0.3) is 0 Å². The predicted molar refractivity (Wildman–Crippen MR) is 140 cm³/mol. The maximum atomic E-state index is 13.4. The summed E-state index contributed by atoms with van der Waals surface area (Å²) < 4.78 is 0. The molecule has 0 aromatic heterocycles. The number of nitrogens with one attached hydrogen (secondary N) is 1. The summed E-state index contributed by atoms with van der Waals surface area (Å²) in [6.07, 6.45) is 6.71. The Kier molecular flexibility index (Phi) is 8.93. The number of amides is 2. The SMILES string of the molecule is Cc1cccc(CN(C(=O)CCc2ccc(C(C)(C)C)cc2)C(C)C(=O)NC2CCCCC2)c1. The molecule has 34 heavy (non-hydrogen) atoms. The third-order valence-electron chi connectivity index (χ3n) is 7.00. The first-order valence-corrected chi connectivity index (χ1v) is 12.9. The van der Waals surface area contributed by atoms with Crippen molar-refractivity contribution in [3.63, 3.8) is 0 Å². The molecule has 0 radical (unpaired) electrons. The van der Waals surface area contributed by atoms with Gasteiger partial charge in [-0.3, -0.25) is 9.59 Å². The molecular weight excluding hydrogens is 420 g/mol. The summed E-state index contributed by atoms with van der Waals surface area (Å²) in [5.74, 6) is -0.0184. The summed E-state index contributed by atoms with van der Waals surface area (Å²) in [5, 5.41) is 3.21. The van der Waals surface area contributed by atoms with Crippen LogP contribution >= 0.6 is 0 Å². The average Bonchev–Trinajstić information content (AvgIpc) is 2.81. The molecule has 1 aliphatic carbocycles. The van der Waals surface area contributed by atoms with Gasteiger partial charge in [0.25, 0.3) is 0 Å². The smallest absolute Gasteiger partial charge is 0.242 e. The van der Waals surface area contributed by atoms with E-state index in [-0.39, 0.29) is 23.3 Å². The molecule has 4 heteroatoms. The van der Waals surface area contributed by atoms with Gasteiger partial charge in [-0.1, -0.05) is 94.1 Å². The topological polar surface area (TPSA) is 49.4 Å². The Morgan fingerprint density at radius 2 is 1.68 bits per heavy atom. The molecule has 3 rings (SSSR count). The van der Waals surface area contributed by atoms with Crippen molar-refractivity contribution in [3.05, 3.63) is 70.8 Å². The van der Waals surface area contributed by atoms with Crippen molar-refractivity contribution in [2.75, 3.05) is 0 Å². The molecule has 0 aliphatic heterocycles. The number of hydrogen-bond donors (Lipinski definition) is 1. The second-order valence-corrected chi connectivity index (χ2v) is 11.0. The van der Waals surface area contributed by atoms with E-state index in [0.29, 0.717) is 19.4 Å². The van der Waals surface area contributed by atoms with E-state index in [1.165, 1.54) is 24.8 Å². The molecule has 1 aliphatic rings. The average molecular weight is 463 g/mol. The van der Waals surface area contributed by atoms with Crippen LogP contribution in [0, 0.1) is 6.92 Å². The quantitative estimate of drug-likeness (QED) is 0.516. The Morgan fingerprint density at radius 1 is 1.00 bits per heavy atom. The van der Waals surface area contributed by atoms with E-state index < -0.39 is 6.04 Å². The Hall–Kier alpha value is -2.62. The molecule has 1 atom stereocenters. The fraction of sp³-hybridized carbons (Fsp3) is 0.533. The highest BCUT2D eigenvalue weighted by atomic mass is 16.2. The van der Waals surface area contributed by atoms with Crippen molar-refractivity contribution in [2.24, 2.45) is 0 Å². The van der Waals surface area contributed by atoms with Crippen molar-refractivity contribution < 1.29 is 9.59 Å². The Morgan fingerprint density at radius 3 is 2.29 bits per heavy atom. The van der Waals surface area contributed by atoms with E-state index in [0.717, 1.165) is 29.5 Å². The lowest BCUT2D eigenvalue weighted by Crippen LogP contribution is -2.50. The third kappa shape index (κ3) is 7.44. The van der Waals surface area contributed by atoms with Gasteiger partial charge in [-0.2, -0.15) is 0 Å². The summed E-state index contributed by atoms with van der Waals surface area (Å²) in [6, 6.07) is 16.5. The minimum absolute atomic E-state index is 0.0210. The fourth-order valence-corrected chi connectivity index (χ4v) is 4.72. The monoisotopic (exact) mass is 462 g/mol. The Bertz CT molecular complexity index is 953. The predicted octanol–water partition coefficient (Wildman–Crippen LogP) is 6.09. The van der Waals surface area contributed by atoms with E-state index in [1.807, 2.05) is 19.1 Å². The second kappa shape index (κ2) is 11.7. The van der Waals surface area contributed by atoms with Gasteiger partial charge < -0.3 is 10.2 Å². The van der Waals surface area contributed by atoms with Gasteiger partial charge in [0.05, 0.1) is 0 Å². The largest absolute Gasteiger partial charge is 0.352 e. The lowest BCUT2D eigenvalue weighted by atomic mass is 9.86. The van der Waals surface area contributed by atoms with Crippen molar-refractivity contribution in [2.45, 2.75) is 104 Å². The second-order valence-electron chi connectivity index (χ2n) is 11.0.